The van der Waals surface area contributed by atoms with Crippen LogP contribution in [0.2, 0.25) is 0 Å². The number of halogens is 5. The van der Waals surface area contributed by atoms with Crippen molar-refractivity contribution in [3.05, 3.63) is 47.8 Å². The molecule has 0 spiro atoms. The highest BCUT2D eigenvalue weighted by atomic mass is 35.5. The number of hydrogen-bond acceptors (Lipinski definition) is 10. The van der Waals surface area contributed by atoms with Gasteiger partial charge in [-0.3, -0.25) is 14.4 Å². The first-order valence-electron chi connectivity index (χ1n) is 18.1. The fourth-order valence-electron chi connectivity index (χ4n) is 7.00. The molecule has 0 unspecified atom stereocenters. The molecule has 2 aliphatic heterocycles. The second-order valence-corrected chi connectivity index (χ2v) is 14.8. The summed E-state index contributed by atoms with van der Waals surface area (Å²) >= 11 is 0. The van der Waals surface area contributed by atoms with Crippen molar-refractivity contribution < 1.29 is 32.3 Å². The number of hydrogen-bond donors (Lipinski definition) is 3. The summed E-state index contributed by atoms with van der Waals surface area (Å²) in [6.07, 6.45) is -2.25. The van der Waals surface area contributed by atoms with Gasteiger partial charge in [0.15, 0.2) is 5.78 Å². The van der Waals surface area contributed by atoms with Crippen molar-refractivity contribution >= 4 is 70.5 Å². The number of anilines is 3. The molecule has 2 aliphatic rings. The van der Waals surface area contributed by atoms with Gasteiger partial charge in [0.05, 0.1) is 30.3 Å². The Kier molecular flexibility index (Phi) is 15.6. The van der Waals surface area contributed by atoms with Crippen LogP contribution in [0.4, 0.5) is 30.4 Å². The van der Waals surface area contributed by atoms with Gasteiger partial charge in [-0.1, -0.05) is 27.7 Å². The molecule has 55 heavy (non-hydrogen) atoms. The number of ether oxygens (including phenoxy) is 1. The van der Waals surface area contributed by atoms with Crippen LogP contribution in [0.5, 0.6) is 5.75 Å². The van der Waals surface area contributed by atoms with E-state index in [0.29, 0.717) is 67.8 Å². The number of Topliss-reactive ketones (excluding diaryl/α,β-unsaturated/α-hetero) is 1. The maximum Gasteiger partial charge on any atom is 0.418 e. The molecule has 304 valence electrons. The number of carbonyl (C=O) groups is 3. The maximum absolute atomic E-state index is 14.4. The van der Waals surface area contributed by atoms with Crippen LogP contribution in [0.1, 0.15) is 58.6 Å². The fraction of sp³-hybridized carbons (Fsp3) is 0.553. The number of aromatic nitrogens is 2. The number of benzene rings is 2. The second kappa shape index (κ2) is 18.8. The van der Waals surface area contributed by atoms with Crippen LogP contribution < -0.4 is 25.6 Å². The Labute approximate surface area is 333 Å². The number of piperazine rings is 1. The van der Waals surface area contributed by atoms with Crippen molar-refractivity contribution in [1.82, 2.24) is 30.4 Å². The minimum atomic E-state index is -4.58. The zero-order chi connectivity index (χ0) is 38.7. The van der Waals surface area contributed by atoms with Gasteiger partial charge in [0, 0.05) is 67.5 Å². The highest BCUT2D eigenvalue weighted by molar-refractivity contribution is 5.97. The Morgan fingerprint density at radius 3 is 2.29 bits per heavy atom. The number of fused-ring (bicyclic) bond motifs is 1. The quantitative estimate of drug-likeness (QED) is 0.212. The lowest BCUT2D eigenvalue weighted by atomic mass is 9.85. The van der Waals surface area contributed by atoms with Gasteiger partial charge in [-0.05, 0) is 63.0 Å². The van der Waals surface area contributed by atoms with Gasteiger partial charge >= 0.3 is 6.18 Å². The Bertz CT molecular complexity index is 1820. The normalized spacial score (nSPS) is 17.5. The highest BCUT2D eigenvalue weighted by Crippen LogP contribution is 2.40. The SMILES string of the molecule is CCN1CCN(c2ccc(Nc3ncnc4cc(OC)c(CC(=O)[C@@H]5CCCN5C(=O)[C@@H](NC(=O)[C@H](C)NC)C(C)(C)C)cc34)cc2C(F)(F)F)CC1.Cl.Cl. The topological polar surface area (TPSA) is 132 Å². The lowest BCUT2D eigenvalue weighted by Crippen LogP contribution is -2.58. The summed E-state index contributed by atoms with van der Waals surface area (Å²) in [6.45, 7) is 13.0. The van der Waals surface area contributed by atoms with Gasteiger partial charge in [0.25, 0.3) is 0 Å². The molecular formula is C38H53Cl2F3N8O4. The smallest absolute Gasteiger partial charge is 0.418 e. The highest BCUT2D eigenvalue weighted by Gasteiger charge is 2.42. The number of amides is 2. The van der Waals surface area contributed by atoms with E-state index < -0.39 is 35.3 Å². The zero-order valence-electron chi connectivity index (χ0n) is 32.4. The van der Waals surface area contributed by atoms with E-state index in [4.69, 9.17) is 4.74 Å². The molecule has 5 rings (SSSR count). The first-order chi connectivity index (χ1) is 25.0. The van der Waals surface area contributed by atoms with Gasteiger partial charge < -0.3 is 35.4 Å². The average molecular weight is 814 g/mol. The Morgan fingerprint density at radius 1 is 1.00 bits per heavy atom. The molecule has 12 nitrogen and oxygen atoms in total. The maximum atomic E-state index is 14.4. The molecular weight excluding hydrogens is 760 g/mol. The molecule has 3 aromatic rings. The van der Waals surface area contributed by atoms with Crippen molar-refractivity contribution in [3.63, 3.8) is 0 Å². The Morgan fingerprint density at radius 2 is 1.69 bits per heavy atom. The summed E-state index contributed by atoms with van der Waals surface area (Å²) in [5.41, 5.74) is -0.0321. The number of rotatable bonds is 12. The summed E-state index contributed by atoms with van der Waals surface area (Å²) in [4.78, 5) is 55.0. The van der Waals surface area contributed by atoms with Crippen molar-refractivity contribution in [1.29, 1.82) is 0 Å². The Balaban J connectivity index is 0.00000406. The average Bonchev–Trinajstić information content (AvgIpc) is 3.63. The van der Waals surface area contributed by atoms with E-state index in [-0.39, 0.29) is 66.0 Å². The van der Waals surface area contributed by atoms with Gasteiger partial charge in [-0.15, -0.1) is 24.8 Å². The van der Waals surface area contributed by atoms with Gasteiger partial charge in [-0.2, -0.15) is 13.2 Å². The summed E-state index contributed by atoms with van der Waals surface area (Å²) < 4.78 is 48.9. The zero-order valence-corrected chi connectivity index (χ0v) is 34.0. The molecule has 1 aromatic heterocycles. The standard InChI is InChI=1S/C38H51F3N8O4.2ClH/c1-8-47-14-16-48(17-15-47)29-12-11-25(20-27(29)38(39,40)41)45-34-26-18-24(32(53-7)21-28(26)43-22-44-34)19-31(50)30-10-9-13-49(30)36(52)33(37(3,4)5)46-35(51)23(2)42-6;;/h11-12,18,20-23,30,33,42H,8-10,13-17,19H2,1-7H3,(H,46,51)(H,43,44,45);2*1H/t23-,30-,33+;;/m0../s1. The number of methoxy groups -OCH3 is 1. The monoisotopic (exact) mass is 812 g/mol. The van der Waals surface area contributed by atoms with Crippen LogP contribution in [0.25, 0.3) is 10.9 Å². The van der Waals surface area contributed by atoms with E-state index in [2.05, 4.69) is 30.8 Å². The predicted molar refractivity (Wildman–Crippen MR) is 213 cm³/mol. The van der Waals surface area contributed by atoms with E-state index >= 15 is 0 Å². The van der Waals surface area contributed by atoms with Crippen molar-refractivity contribution in [2.45, 2.75) is 78.2 Å². The van der Waals surface area contributed by atoms with Crippen LogP contribution >= 0.6 is 24.8 Å². The fourth-order valence-corrected chi connectivity index (χ4v) is 7.00. The van der Waals surface area contributed by atoms with E-state index in [9.17, 15) is 27.6 Å². The van der Waals surface area contributed by atoms with Crippen LogP contribution in [-0.2, 0) is 27.0 Å². The van der Waals surface area contributed by atoms with E-state index in [1.165, 1.54) is 19.5 Å². The molecule has 0 aliphatic carbocycles. The second-order valence-electron chi connectivity index (χ2n) is 14.8. The largest absolute Gasteiger partial charge is 0.496 e. The lowest BCUT2D eigenvalue weighted by molar-refractivity contribution is -0.143. The molecule has 2 fully saturated rings. The third kappa shape index (κ3) is 10.5. The van der Waals surface area contributed by atoms with E-state index in [1.54, 1.807) is 42.0 Å². The molecule has 3 heterocycles. The molecule has 2 amide bonds. The van der Waals surface area contributed by atoms with Crippen molar-refractivity contribution in [2.24, 2.45) is 5.41 Å². The number of carbonyl (C=O) groups excluding carboxylic acids is 3. The minimum absolute atomic E-state index is 0. The molecule has 2 saturated heterocycles. The summed E-state index contributed by atoms with van der Waals surface area (Å²) in [7, 11) is 3.14. The van der Waals surface area contributed by atoms with Crippen LogP contribution in [0, 0.1) is 5.41 Å². The van der Waals surface area contributed by atoms with Gasteiger partial charge in [-0.25, -0.2) is 9.97 Å². The number of nitrogens with one attached hydrogen (secondary N) is 3. The molecule has 17 heteroatoms. The molecule has 0 bridgehead atoms. The molecule has 0 saturated carbocycles. The van der Waals surface area contributed by atoms with E-state index in [0.717, 1.165) is 12.6 Å². The molecule has 2 aromatic carbocycles. The number of likely N-dealkylation sites (tertiary alicyclic amines) is 1. The molecule has 3 atom stereocenters. The predicted octanol–water partition coefficient (Wildman–Crippen LogP) is 5.63. The van der Waals surface area contributed by atoms with Crippen molar-refractivity contribution in [2.75, 3.05) is 63.6 Å². The van der Waals surface area contributed by atoms with Crippen LogP contribution in [0.3, 0.4) is 0 Å². The molecule has 0 radical (unpaired) electrons. The first-order valence-corrected chi connectivity index (χ1v) is 18.1. The minimum Gasteiger partial charge on any atom is -0.496 e. The van der Waals surface area contributed by atoms with Crippen LogP contribution in [0.15, 0.2) is 36.7 Å². The number of alkyl halides is 3. The third-order valence-corrected chi connectivity index (χ3v) is 10.3. The summed E-state index contributed by atoms with van der Waals surface area (Å²) in [5, 5.41) is 9.31. The summed E-state index contributed by atoms with van der Waals surface area (Å²) in [6, 6.07) is 5.51. The van der Waals surface area contributed by atoms with Gasteiger partial charge in [0.2, 0.25) is 11.8 Å². The first kappa shape index (κ1) is 45.5. The lowest BCUT2D eigenvalue weighted by Gasteiger charge is -2.36. The van der Waals surface area contributed by atoms with Crippen molar-refractivity contribution in [3.8, 4) is 5.75 Å². The summed E-state index contributed by atoms with van der Waals surface area (Å²) in [5.74, 6) is -0.165. The third-order valence-electron chi connectivity index (χ3n) is 10.3. The van der Waals surface area contributed by atoms with Gasteiger partial charge in [0.1, 0.15) is 23.9 Å². The van der Waals surface area contributed by atoms with Crippen LogP contribution in [-0.4, -0.2) is 109 Å². The number of ketones is 1. The Hall–Kier alpha value is -3.92. The molecule has 3 N–H and O–H groups in total. The van der Waals surface area contributed by atoms with E-state index in [1.807, 2.05) is 27.7 Å². The number of nitrogens with zero attached hydrogens (tertiary/aromatic N) is 5. The number of likely N-dealkylation sites (N-methyl/N-ethyl adjacent to an activating group) is 2.